The van der Waals surface area contributed by atoms with Crippen LogP contribution >= 0.6 is 0 Å². The summed E-state index contributed by atoms with van der Waals surface area (Å²) in [5.74, 6) is -0.527. The van der Waals surface area contributed by atoms with Crippen molar-refractivity contribution in [3.8, 4) is 5.75 Å². The van der Waals surface area contributed by atoms with Gasteiger partial charge in [-0.15, -0.1) is 0 Å². The molecule has 3 aromatic rings. The normalized spacial score (nSPS) is 10.4. The van der Waals surface area contributed by atoms with Gasteiger partial charge in [0.05, 0.1) is 17.3 Å². The number of nitrogens with zero attached hydrogens (tertiary/aromatic N) is 2. The predicted molar refractivity (Wildman–Crippen MR) is 75.6 cm³/mol. The maximum atomic E-state index is 12.1. The third-order valence-corrected chi connectivity index (χ3v) is 2.91. The number of fused-ring (bicyclic) bond motifs is 1. The average Bonchev–Trinajstić information content (AvgIpc) is 2.47. The van der Waals surface area contributed by atoms with Crippen LogP contribution in [0.1, 0.15) is 10.4 Å². The lowest BCUT2D eigenvalue weighted by Gasteiger charge is -2.07. The second kappa shape index (κ2) is 4.97. The molecule has 0 aliphatic rings. The third-order valence-electron chi connectivity index (χ3n) is 2.91. The van der Waals surface area contributed by atoms with Gasteiger partial charge in [0, 0.05) is 23.5 Å². The highest BCUT2D eigenvalue weighted by atomic mass is 16.3. The number of aromatic nitrogens is 2. The molecular weight excluding hydrogens is 254 g/mol. The molecule has 98 valence electrons. The van der Waals surface area contributed by atoms with Gasteiger partial charge in [0.1, 0.15) is 5.75 Å². The molecule has 20 heavy (non-hydrogen) atoms. The smallest absolute Gasteiger partial charge is 0.259 e. The highest BCUT2D eigenvalue weighted by Gasteiger charge is 2.11. The van der Waals surface area contributed by atoms with Gasteiger partial charge < -0.3 is 10.4 Å². The number of rotatable bonds is 2. The van der Waals surface area contributed by atoms with Crippen molar-refractivity contribution in [1.82, 2.24) is 9.97 Å². The SMILES string of the molecule is O=C(Nc1ccc2ncccc2c1)c1ccncc1O. The zero-order valence-corrected chi connectivity index (χ0v) is 10.4. The summed E-state index contributed by atoms with van der Waals surface area (Å²) in [6, 6.07) is 10.7. The lowest BCUT2D eigenvalue weighted by molar-refractivity contribution is 0.102. The summed E-state index contributed by atoms with van der Waals surface area (Å²) in [6.07, 6.45) is 4.41. The van der Waals surface area contributed by atoms with Gasteiger partial charge in [-0.05, 0) is 30.3 Å². The van der Waals surface area contributed by atoms with E-state index in [2.05, 4.69) is 15.3 Å². The molecule has 2 N–H and O–H groups in total. The van der Waals surface area contributed by atoms with E-state index < -0.39 is 0 Å². The van der Waals surface area contributed by atoms with E-state index in [1.807, 2.05) is 24.3 Å². The number of pyridine rings is 2. The maximum Gasteiger partial charge on any atom is 0.259 e. The predicted octanol–water partition coefficient (Wildman–Crippen LogP) is 2.59. The van der Waals surface area contributed by atoms with Crippen molar-refractivity contribution in [1.29, 1.82) is 0 Å². The van der Waals surface area contributed by atoms with Gasteiger partial charge in [0.2, 0.25) is 0 Å². The number of carbonyl (C=O) groups excluding carboxylic acids is 1. The molecule has 0 saturated heterocycles. The average molecular weight is 265 g/mol. The molecule has 2 heterocycles. The van der Waals surface area contributed by atoms with E-state index in [9.17, 15) is 9.90 Å². The Balaban J connectivity index is 1.89. The first kappa shape index (κ1) is 12.1. The molecule has 0 saturated carbocycles. The Bertz CT molecular complexity index is 787. The fourth-order valence-corrected chi connectivity index (χ4v) is 1.93. The van der Waals surface area contributed by atoms with E-state index in [1.165, 1.54) is 18.5 Å². The Morgan fingerprint density at radius 3 is 2.90 bits per heavy atom. The summed E-state index contributed by atoms with van der Waals surface area (Å²) in [4.78, 5) is 20.0. The molecule has 1 aromatic carbocycles. The van der Waals surface area contributed by atoms with Crippen LogP contribution in [0.15, 0.2) is 55.0 Å². The standard InChI is InChI=1S/C15H11N3O2/c19-14-9-16-7-5-12(14)15(20)18-11-3-4-13-10(8-11)2-1-6-17-13/h1-9,19H,(H,18,20). The van der Waals surface area contributed by atoms with Gasteiger partial charge in [-0.25, -0.2) is 0 Å². The first-order valence-corrected chi connectivity index (χ1v) is 6.03. The molecule has 0 unspecified atom stereocenters. The van der Waals surface area contributed by atoms with Gasteiger partial charge in [-0.1, -0.05) is 6.07 Å². The van der Waals surface area contributed by atoms with Crippen LogP contribution in [0.5, 0.6) is 5.75 Å². The number of amides is 1. The molecule has 3 rings (SSSR count). The fourth-order valence-electron chi connectivity index (χ4n) is 1.93. The van der Waals surface area contributed by atoms with Crippen molar-refractivity contribution in [2.45, 2.75) is 0 Å². The van der Waals surface area contributed by atoms with E-state index in [-0.39, 0.29) is 17.2 Å². The highest BCUT2D eigenvalue weighted by molar-refractivity contribution is 6.06. The number of hydrogen-bond donors (Lipinski definition) is 2. The van der Waals surface area contributed by atoms with Gasteiger partial charge in [-0.3, -0.25) is 14.8 Å². The molecule has 0 fully saturated rings. The number of hydrogen-bond acceptors (Lipinski definition) is 4. The summed E-state index contributed by atoms with van der Waals surface area (Å²) >= 11 is 0. The first-order chi connectivity index (χ1) is 9.74. The molecule has 0 bridgehead atoms. The number of nitrogens with one attached hydrogen (secondary N) is 1. The van der Waals surface area contributed by atoms with E-state index in [0.29, 0.717) is 5.69 Å². The fraction of sp³-hybridized carbons (Fsp3) is 0. The van der Waals surface area contributed by atoms with Gasteiger partial charge in [0.25, 0.3) is 5.91 Å². The lowest BCUT2D eigenvalue weighted by atomic mass is 10.2. The Morgan fingerprint density at radius 2 is 2.05 bits per heavy atom. The molecule has 0 spiro atoms. The van der Waals surface area contributed by atoms with E-state index in [0.717, 1.165) is 10.9 Å². The minimum atomic E-state index is -0.381. The van der Waals surface area contributed by atoms with Crippen LogP contribution in [0, 0.1) is 0 Å². The van der Waals surface area contributed by atoms with Crippen molar-refractivity contribution in [3.05, 3.63) is 60.6 Å². The van der Waals surface area contributed by atoms with Gasteiger partial charge in [0.15, 0.2) is 0 Å². The summed E-state index contributed by atoms with van der Waals surface area (Å²) in [5, 5.41) is 13.3. The van der Waals surface area contributed by atoms with Gasteiger partial charge >= 0.3 is 0 Å². The van der Waals surface area contributed by atoms with Crippen molar-refractivity contribution in [3.63, 3.8) is 0 Å². The molecule has 5 heteroatoms. The largest absolute Gasteiger partial charge is 0.505 e. The molecule has 0 atom stereocenters. The van der Waals surface area contributed by atoms with E-state index in [4.69, 9.17) is 0 Å². The number of carbonyl (C=O) groups is 1. The Hall–Kier alpha value is -2.95. The van der Waals surface area contributed by atoms with E-state index in [1.54, 1.807) is 12.3 Å². The first-order valence-electron chi connectivity index (χ1n) is 6.03. The van der Waals surface area contributed by atoms with Crippen molar-refractivity contribution >= 4 is 22.5 Å². The molecule has 0 aliphatic carbocycles. The Labute approximate surface area is 114 Å². The molecule has 1 amide bonds. The second-order valence-corrected chi connectivity index (χ2v) is 4.26. The summed E-state index contributed by atoms with van der Waals surface area (Å²) in [6.45, 7) is 0. The summed E-state index contributed by atoms with van der Waals surface area (Å²) < 4.78 is 0. The van der Waals surface area contributed by atoms with Crippen molar-refractivity contribution in [2.75, 3.05) is 5.32 Å². The molecule has 2 aromatic heterocycles. The van der Waals surface area contributed by atoms with Crippen LogP contribution < -0.4 is 5.32 Å². The quantitative estimate of drug-likeness (QED) is 0.746. The van der Waals surface area contributed by atoms with Crippen LogP contribution in [-0.2, 0) is 0 Å². The zero-order chi connectivity index (χ0) is 13.9. The molecule has 0 aliphatic heterocycles. The second-order valence-electron chi connectivity index (χ2n) is 4.26. The zero-order valence-electron chi connectivity index (χ0n) is 10.4. The maximum absolute atomic E-state index is 12.1. The lowest BCUT2D eigenvalue weighted by Crippen LogP contribution is -2.12. The monoisotopic (exact) mass is 265 g/mol. The van der Waals surface area contributed by atoms with Gasteiger partial charge in [-0.2, -0.15) is 0 Å². The third kappa shape index (κ3) is 2.29. The number of aromatic hydroxyl groups is 1. The molecule has 5 nitrogen and oxygen atoms in total. The number of anilines is 1. The molecular formula is C15H11N3O2. The minimum Gasteiger partial charge on any atom is -0.505 e. The van der Waals surface area contributed by atoms with Crippen LogP contribution in [0.2, 0.25) is 0 Å². The topological polar surface area (TPSA) is 75.1 Å². The van der Waals surface area contributed by atoms with Crippen molar-refractivity contribution < 1.29 is 9.90 Å². The minimum absolute atomic E-state index is 0.146. The van der Waals surface area contributed by atoms with E-state index >= 15 is 0 Å². The van der Waals surface area contributed by atoms with Crippen LogP contribution in [-0.4, -0.2) is 21.0 Å². The van der Waals surface area contributed by atoms with Crippen molar-refractivity contribution in [2.24, 2.45) is 0 Å². The summed E-state index contributed by atoms with van der Waals surface area (Å²) in [7, 11) is 0. The van der Waals surface area contributed by atoms with Crippen LogP contribution in [0.3, 0.4) is 0 Å². The Kier molecular flexibility index (Phi) is 3.01. The number of benzene rings is 1. The van der Waals surface area contributed by atoms with Crippen LogP contribution in [0.4, 0.5) is 5.69 Å². The molecule has 0 radical (unpaired) electrons. The highest BCUT2D eigenvalue weighted by Crippen LogP contribution is 2.20. The van der Waals surface area contributed by atoms with Crippen LogP contribution in [0.25, 0.3) is 10.9 Å². The Morgan fingerprint density at radius 1 is 1.15 bits per heavy atom. The summed E-state index contributed by atoms with van der Waals surface area (Å²) in [5.41, 5.74) is 1.69.